The van der Waals surface area contributed by atoms with Gasteiger partial charge < -0.3 is 14.4 Å². The molecule has 7 nitrogen and oxygen atoms in total. The summed E-state index contributed by atoms with van der Waals surface area (Å²) in [7, 11) is -1.72. The van der Waals surface area contributed by atoms with Crippen LogP contribution >= 0.6 is 0 Å². The van der Waals surface area contributed by atoms with Crippen molar-refractivity contribution in [1.82, 2.24) is 9.88 Å². The van der Waals surface area contributed by atoms with Crippen LogP contribution in [-0.4, -0.2) is 50.7 Å². The van der Waals surface area contributed by atoms with Crippen molar-refractivity contribution in [2.45, 2.75) is 11.4 Å². The Morgan fingerprint density at radius 1 is 1.10 bits per heavy atom. The Bertz CT molecular complexity index is 1210. The molecule has 4 rings (SSSR count). The van der Waals surface area contributed by atoms with Crippen LogP contribution in [0.1, 0.15) is 15.9 Å². The monoisotopic (exact) mass is 438 g/mol. The summed E-state index contributed by atoms with van der Waals surface area (Å²) < 4.78 is 34.3. The summed E-state index contributed by atoms with van der Waals surface area (Å²) in [5.41, 5.74) is 3.02. The number of pyridine rings is 1. The van der Waals surface area contributed by atoms with Crippen LogP contribution in [0.4, 0.5) is 0 Å². The Kier molecular flexibility index (Phi) is 5.65. The Labute approximate surface area is 181 Å². The zero-order chi connectivity index (χ0) is 22.0. The average Bonchev–Trinajstić information content (AvgIpc) is 3.00. The highest BCUT2D eigenvalue weighted by molar-refractivity contribution is 7.90. The van der Waals surface area contributed by atoms with Gasteiger partial charge in [-0.15, -0.1) is 0 Å². The molecule has 0 radical (unpaired) electrons. The number of carbonyl (C=O) groups excluding carboxylic acids is 1. The van der Waals surface area contributed by atoms with Gasteiger partial charge in [0.2, 0.25) is 0 Å². The lowest BCUT2D eigenvalue weighted by Gasteiger charge is -2.20. The number of carbonyl (C=O) groups is 1. The molecule has 0 fully saturated rings. The lowest BCUT2D eigenvalue weighted by molar-refractivity contribution is 0.0733. The van der Waals surface area contributed by atoms with Gasteiger partial charge in [-0.05, 0) is 54.6 Å². The van der Waals surface area contributed by atoms with Gasteiger partial charge in [-0.3, -0.25) is 9.78 Å². The third-order valence-corrected chi connectivity index (χ3v) is 6.25. The molecule has 0 saturated carbocycles. The number of hydrogen-bond donors (Lipinski definition) is 0. The van der Waals surface area contributed by atoms with E-state index in [2.05, 4.69) is 4.98 Å². The van der Waals surface area contributed by atoms with Gasteiger partial charge in [-0.1, -0.05) is 0 Å². The largest absolute Gasteiger partial charge is 0.495 e. The number of amides is 1. The van der Waals surface area contributed by atoms with E-state index >= 15 is 0 Å². The maximum absolute atomic E-state index is 13.0. The quantitative estimate of drug-likeness (QED) is 0.622. The van der Waals surface area contributed by atoms with Gasteiger partial charge >= 0.3 is 0 Å². The fraction of sp³-hybridized carbons (Fsp3) is 0.217. The minimum absolute atomic E-state index is 0.176. The molecule has 2 heterocycles. The van der Waals surface area contributed by atoms with E-state index in [9.17, 15) is 13.2 Å². The van der Waals surface area contributed by atoms with Crippen molar-refractivity contribution in [2.75, 3.05) is 26.5 Å². The predicted octanol–water partition coefficient (Wildman–Crippen LogP) is 3.20. The number of fused-ring (bicyclic) bond motifs is 1. The Morgan fingerprint density at radius 2 is 1.87 bits per heavy atom. The summed E-state index contributed by atoms with van der Waals surface area (Å²) in [6, 6.07) is 15.5. The van der Waals surface area contributed by atoms with Gasteiger partial charge in [0.25, 0.3) is 5.91 Å². The van der Waals surface area contributed by atoms with Crippen LogP contribution in [0.3, 0.4) is 0 Å². The van der Waals surface area contributed by atoms with Crippen molar-refractivity contribution in [1.29, 1.82) is 0 Å². The van der Waals surface area contributed by atoms with Crippen molar-refractivity contribution in [3.8, 4) is 22.8 Å². The highest BCUT2D eigenvalue weighted by atomic mass is 32.2. The number of sulfone groups is 1. The lowest BCUT2D eigenvalue weighted by Crippen LogP contribution is -2.32. The smallest absolute Gasteiger partial charge is 0.254 e. The van der Waals surface area contributed by atoms with Crippen molar-refractivity contribution in [2.24, 2.45) is 0 Å². The second kappa shape index (κ2) is 8.39. The Morgan fingerprint density at radius 3 is 2.52 bits per heavy atom. The van der Waals surface area contributed by atoms with Crippen LogP contribution in [0.25, 0.3) is 11.3 Å². The van der Waals surface area contributed by atoms with E-state index in [4.69, 9.17) is 9.47 Å². The predicted molar refractivity (Wildman–Crippen MR) is 116 cm³/mol. The maximum Gasteiger partial charge on any atom is 0.254 e. The average molecular weight is 439 g/mol. The zero-order valence-electron chi connectivity index (χ0n) is 17.2. The molecular weight excluding hydrogens is 416 g/mol. The van der Waals surface area contributed by atoms with Gasteiger partial charge in [-0.25, -0.2) is 8.42 Å². The van der Waals surface area contributed by atoms with Gasteiger partial charge in [0.1, 0.15) is 18.1 Å². The number of benzene rings is 2. The Hall–Kier alpha value is -3.39. The second-order valence-corrected chi connectivity index (χ2v) is 9.29. The van der Waals surface area contributed by atoms with Crippen molar-refractivity contribution < 1.29 is 22.7 Å². The van der Waals surface area contributed by atoms with Crippen LogP contribution in [0.5, 0.6) is 11.5 Å². The van der Waals surface area contributed by atoms with Gasteiger partial charge in [0.15, 0.2) is 9.84 Å². The van der Waals surface area contributed by atoms with Crippen LogP contribution in [0.2, 0.25) is 0 Å². The van der Waals surface area contributed by atoms with Gasteiger partial charge in [-0.2, -0.15) is 0 Å². The molecule has 1 aliphatic heterocycles. The number of rotatable bonds is 4. The molecular formula is C23H22N2O5S. The van der Waals surface area contributed by atoms with Crippen molar-refractivity contribution >= 4 is 15.7 Å². The molecule has 0 atom stereocenters. The van der Waals surface area contributed by atoms with E-state index in [1.807, 2.05) is 30.3 Å². The Balaban J connectivity index is 1.58. The molecule has 1 aliphatic rings. The molecule has 31 heavy (non-hydrogen) atoms. The number of methoxy groups -OCH3 is 1. The SMILES string of the molecule is COc1ccc(-c2ccc3c(c2)CN(C(=O)c2ccc(S(C)(=O)=O)cc2)CCO3)nc1. The molecule has 8 heteroatoms. The van der Waals surface area contributed by atoms with E-state index in [0.29, 0.717) is 31.0 Å². The van der Waals surface area contributed by atoms with Crippen molar-refractivity contribution in [3.05, 3.63) is 71.9 Å². The summed E-state index contributed by atoms with van der Waals surface area (Å²) in [6.07, 6.45) is 2.80. The van der Waals surface area contributed by atoms with Gasteiger partial charge in [0, 0.05) is 29.5 Å². The molecule has 160 valence electrons. The molecule has 0 bridgehead atoms. The number of aromatic nitrogens is 1. The van der Waals surface area contributed by atoms with E-state index in [1.165, 1.54) is 12.1 Å². The fourth-order valence-corrected chi connectivity index (χ4v) is 4.06. The first-order valence-electron chi connectivity index (χ1n) is 9.71. The number of ether oxygens (including phenoxy) is 2. The second-order valence-electron chi connectivity index (χ2n) is 7.28. The molecule has 1 aromatic heterocycles. The van der Waals surface area contributed by atoms with Crippen LogP contribution < -0.4 is 9.47 Å². The number of nitrogens with zero attached hydrogens (tertiary/aromatic N) is 2. The first kappa shape index (κ1) is 20.9. The zero-order valence-corrected chi connectivity index (χ0v) is 18.1. The van der Waals surface area contributed by atoms with E-state index < -0.39 is 9.84 Å². The molecule has 0 aliphatic carbocycles. The summed E-state index contributed by atoms with van der Waals surface area (Å²) in [5, 5.41) is 0. The van der Waals surface area contributed by atoms with Crippen molar-refractivity contribution in [3.63, 3.8) is 0 Å². The summed E-state index contributed by atoms with van der Waals surface area (Å²) in [4.78, 5) is 19.4. The molecule has 3 aromatic rings. The topological polar surface area (TPSA) is 85.8 Å². The van der Waals surface area contributed by atoms with Crippen LogP contribution in [-0.2, 0) is 16.4 Å². The van der Waals surface area contributed by atoms with Gasteiger partial charge in [0.05, 0.1) is 30.4 Å². The van der Waals surface area contributed by atoms with E-state index in [1.54, 1.807) is 30.3 Å². The van der Waals surface area contributed by atoms with E-state index in [0.717, 1.165) is 28.8 Å². The summed E-state index contributed by atoms with van der Waals surface area (Å²) in [6.45, 7) is 1.18. The van der Waals surface area contributed by atoms with E-state index in [-0.39, 0.29) is 10.8 Å². The van der Waals surface area contributed by atoms with Crippen LogP contribution in [0.15, 0.2) is 65.7 Å². The lowest BCUT2D eigenvalue weighted by atomic mass is 10.1. The molecule has 2 aromatic carbocycles. The number of hydrogen-bond acceptors (Lipinski definition) is 6. The fourth-order valence-electron chi connectivity index (χ4n) is 3.43. The minimum atomic E-state index is -3.31. The summed E-state index contributed by atoms with van der Waals surface area (Å²) >= 11 is 0. The molecule has 0 N–H and O–H groups in total. The highest BCUT2D eigenvalue weighted by Gasteiger charge is 2.22. The maximum atomic E-state index is 13.0. The normalized spacial score (nSPS) is 13.7. The van der Waals surface area contributed by atoms with Crippen LogP contribution in [0, 0.1) is 0 Å². The molecule has 0 unspecified atom stereocenters. The third-order valence-electron chi connectivity index (χ3n) is 5.12. The first-order chi connectivity index (χ1) is 14.8. The first-order valence-corrected chi connectivity index (χ1v) is 11.6. The molecule has 1 amide bonds. The highest BCUT2D eigenvalue weighted by Crippen LogP contribution is 2.29. The molecule has 0 spiro atoms. The third kappa shape index (κ3) is 4.54. The molecule has 0 saturated heterocycles. The minimum Gasteiger partial charge on any atom is -0.495 e. The summed E-state index contributed by atoms with van der Waals surface area (Å²) in [5.74, 6) is 1.24. The standard InChI is InChI=1S/C23H22N2O5S/c1-29-19-6-9-21(24-14-19)17-5-10-22-18(13-17)15-25(11-12-30-22)23(26)16-3-7-20(8-4-16)31(2,27)28/h3-10,13-14H,11-12,15H2,1-2H3.